The number of ether oxygens (including phenoxy) is 2. The van der Waals surface area contributed by atoms with Crippen molar-refractivity contribution in [3.8, 4) is 11.5 Å². The van der Waals surface area contributed by atoms with Crippen LogP contribution in [-0.2, 0) is 11.4 Å². The Bertz CT molecular complexity index is 1610. The zero-order valence-electron chi connectivity index (χ0n) is 23.5. The molecule has 4 aromatic carbocycles. The molecule has 1 aliphatic heterocycles. The molecule has 0 bridgehead atoms. The number of nitrogens with zero attached hydrogens (tertiary/aromatic N) is 2. The molecule has 0 N–H and O–H groups in total. The van der Waals surface area contributed by atoms with E-state index < -0.39 is 0 Å². The number of carbonyl (C=O) groups is 1. The first-order valence-corrected chi connectivity index (χ1v) is 15.3. The Balaban J connectivity index is 1.48. The van der Waals surface area contributed by atoms with Gasteiger partial charge in [-0.1, -0.05) is 65.2 Å². The number of thioether (sulfide) groups is 1. The first-order chi connectivity index (χ1) is 19.8. The van der Waals surface area contributed by atoms with Crippen LogP contribution in [0.1, 0.15) is 34.7 Å². The lowest BCUT2D eigenvalue weighted by molar-refractivity contribution is -0.113. The van der Waals surface area contributed by atoms with Gasteiger partial charge in [-0.15, -0.1) is 0 Å². The normalized spacial score (nSPS) is 15.1. The van der Waals surface area contributed by atoms with Gasteiger partial charge in [0, 0.05) is 0 Å². The van der Waals surface area contributed by atoms with Crippen molar-refractivity contribution in [2.75, 3.05) is 11.5 Å². The maximum absolute atomic E-state index is 13.8. The molecule has 1 fully saturated rings. The highest BCUT2D eigenvalue weighted by molar-refractivity contribution is 14.1. The Kier molecular flexibility index (Phi) is 9.15. The number of rotatable bonds is 8. The minimum absolute atomic E-state index is 0.114. The van der Waals surface area contributed by atoms with Gasteiger partial charge in [0.1, 0.15) is 6.61 Å². The molecular weight excluding hydrogens is 643 g/mol. The van der Waals surface area contributed by atoms with E-state index in [1.165, 1.54) is 17.3 Å². The smallest absolute Gasteiger partial charge is 0.271 e. The Morgan fingerprint density at radius 3 is 2.10 bits per heavy atom. The van der Waals surface area contributed by atoms with Crippen molar-refractivity contribution < 1.29 is 14.3 Å². The SMILES string of the molecule is CCOc1cc(/C=C2\SC(=Nc3ccc(C)cc3)N(c3ccc(C)cc3)C2=O)cc(I)c1OCc1ccc(C)cc1. The third kappa shape index (κ3) is 7.02. The predicted molar refractivity (Wildman–Crippen MR) is 178 cm³/mol. The molecule has 0 saturated carbocycles. The minimum Gasteiger partial charge on any atom is -0.490 e. The van der Waals surface area contributed by atoms with Gasteiger partial charge in [-0.25, -0.2) is 4.99 Å². The molecule has 0 radical (unpaired) electrons. The molecule has 7 heteroatoms. The molecule has 1 aliphatic rings. The topological polar surface area (TPSA) is 51.1 Å². The van der Waals surface area contributed by atoms with Crippen molar-refractivity contribution >= 4 is 62.9 Å². The molecule has 41 heavy (non-hydrogen) atoms. The van der Waals surface area contributed by atoms with Crippen molar-refractivity contribution in [3.05, 3.63) is 121 Å². The zero-order chi connectivity index (χ0) is 28.9. The molecule has 5 rings (SSSR count). The number of carbonyl (C=O) groups excluding carboxylic acids is 1. The monoisotopic (exact) mass is 674 g/mol. The van der Waals surface area contributed by atoms with Crippen LogP contribution in [0.3, 0.4) is 0 Å². The Morgan fingerprint density at radius 2 is 1.46 bits per heavy atom. The highest BCUT2D eigenvalue weighted by atomic mass is 127. The summed E-state index contributed by atoms with van der Waals surface area (Å²) < 4.78 is 13.1. The van der Waals surface area contributed by atoms with E-state index >= 15 is 0 Å². The number of benzene rings is 4. The maximum Gasteiger partial charge on any atom is 0.271 e. The average Bonchev–Trinajstić information content (AvgIpc) is 3.25. The summed E-state index contributed by atoms with van der Waals surface area (Å²) in [6.45, 7) is 9.03. The summed E-state index contributed by atoms with van der Waals surface area (Å²) in [5.41, 5.74) is 7.03. The fourth-order valence-corrected chi connectivity index (χ4v) is 6.05. The van der Waals surface area contributed by atoms with Gasteiger partial charge in [-0.2, -0.15) is 0 Å². The van der Waals surface area contributed by atoms with Crippen LogP contribution < -0.4 is 14.4 Å². The second-order valence-corrected chi connectivity index (χ2v) is 12.0. The molecule has 4 aromatic rings. The lowest BCUT2D eigenvalue weighted by atomic mass is 10.1. The van der Waals surface area contributed by atoms with Gasteiger partial charge in [0.2, 0.25) is 0 Å². The van der Waals surface area contributed by atoms with E-state index in [0.717, 1.165) is 37.2 Å². The molecule has 208 valence electrons. The fourth-order valence-electron chi connectivity index (χ4n) is 4.27. The summed E-state index contributed by atoms with van der Waals surface area (Å²) in [4.78, 5) is 20.9. The van der Waals surface area contributed by atoms with Gasteiger partial charge < -0.3 is 9.47 Å². The quantitative estimate of drug-likeness (QED) is 0.138. The predicted octanol–water partition coefficient (Wildman–Crippen LogP) is 9.00. The number of aliphatic imine (C=N–C) groups is 1. The van der Waals surface area contributed by atoms with E-state index in [4.69, 9.17) is 14.5 Å². The highest BCUT2D eigenvalue weighted by Gasteiger charge is 2.35. The van der Waals surface area contributed by atoms with E-state index in [1.54, 1.807) is 4.90 Å². The van der Waals surface area contributed by atoms with Gasteiger partial charge in [0.25, 0.3) is 5.91 Å². The van der Waals surface area contributed by atoms with Gasteiger partial charge in [0.15, 0.2) is 16.7 Å². The van der Waals surface area contributed by atoms with Crippen LogP contribution in [0.25, 0.3) is 6.08 Å². The van der Waals surface area contributed by atoms with Crippen molar-refractivity contribution in [2.45, 2.75) is 34.3 Å². The number of anilines is 1. The summed E-state index contributed by atoms with van der Waals surface area (Å²) in [6, 6.07) is 28.1. The third-order valence-electron chi connectivity index (χ3n) is 6.49. The third-order valence-corrected chi connectivity index (χ3v) is 8.26. The summed E-state index contributed by atoms with van der Waals surface area (Å²) in [7, 11) is 0. The minimum atomic E-state index is -0.114. The number of hydrogen-bond donors (Lipinski definition) is 0. The molecule has 5 nitrogen and oxygen atoms in total. The van der Waals surface area contributed by atoms with Crippen molar-refractivity contribution in [1.82, 2.24) is 0 Å². The standard InChI is InChI=1S/C34H31IN2O3S/c1-5-39-30-19-26(18-29(35)32(30)40-21-25-12-6-22(2)7-13-25)20-31-33(38)37(28-16-10-24(4)11-17-28)34(41-31)36-27-14-8-23(3)9-15-27/h6-20H,5,21H2,1-4H3/b31-20-,36-34?. The molecule has 0 atom stereocenters. The number of hydrogen-bond acceptors (Lipinski definition) is 5. The Morgan fingerprint density at radius 1 is 0.854 bits per heavy atom. The Hall–Kier alpha value is -3.56. The van der Waals surface area contributed by atoms with Crippen LogP contribution in [-0.4, -0.2) is 17.7 Å². The summed E-state index contributed by atoms with van der Waals surface area (Å²) in [6.07, 6.45) is 1.90. The van der Waals surface area contributed by atoms with Crippen LogP contribution in [0.15, 0.2) is 94.8 Å². The molecular formula is C34H31IN2O3S. The largest absolute Gasteiger partial charge is 0.490 e. The van der Waals surface area contributed by atoms with Crippen LogP contribution in [0.5, 0.6) is 11.5 Å². The molecule has 0 aromatic heterocycles. The summed E-state index contributed by atoms with van der Waals surface area (Å²) in [5.74, 6) is 1.23. The van der Waals surface area contributed by atoms with Crippen LogP contribution in [0.2, 0.25) is 0 Å². The van der Waals surface area contributed by atoms with Gasteiger partial charge in [-0.3, -0.25) is 9.69 Å². The number of amides is 1. The first kappa shape index (κ1) is 29.0. The second-order valence-electron chi connectivity index (χ2n) is 9.85. The van der Waals surface area contributed by atoms with E-state index in [-0.39, 0.29) is 5.91 Å². The van der Waals surface area contributed by atoms with Crippen LogP contribution in [0, 0.1) is 24.3 Å². The van der Waals surface area contributed by atoms with E-state index in [9.17, 15) is 4.79 Å². The van der Waals surface area contributed by atoms with Crippen molar-refractivity contribution in [3.63, 3.8) is 0 Å². The highest BCUT2D eigenvalue weighted by Crippen LogP contribution is 2.40. The number of halogens is 1. The molecule has 0 unspecified atom stereocenters. The van der Waals surface area contributed by atoms with E-state index in [2.05, 4.69) is 53.8 Å². The molecule has 1 saturated heterocycles. The van der Waals surface area contributed by atoms with Gasteiger partial charge in [0.05, 0.1) is 26.5 Å². The molecule has 0 aliphatic carbocycles. The number of aryl methyl sites for hydroxylation is 3. The molecule has 0 spiro atoms. The fraction of sp³-hybridized carbons (Fsp3) is 0.176. The van der Waals surface area contributed by atoms with Gasteiger partial charge >= 0.3 is 0 Å². The average molecular weight is 675 g/mol. The summed E-state index contributed by atoms with van der Waals surface area (Å²) >= 11 is 3.64. The van der Waals surface area contributed by atoms with Crippen LogP contribution >= 0.6 is 34.4 Å². The Labute approximate surface area is 259 Å². The number of amidine groups is 1. The van der Waals surface area contributed by atoms with E-state index in [0.29, 0.717) is 34.8 Å². The zero-order valence-corrected chi connectivity index (χ0v) is 26.5. The van der Waals surface area contributed by atoms with Crippen LogP contribution in [0.4, 0.5) is 11.4 Å². The molecule has 1 amide bonds. The van der Waals surface area contributed by atoms with E-state index in [1.807, 2.05) is 87.5 Å². The summed E-state index contributed by atoms with van der Waals surface area (Å²) in [5, 5.41) is 0.617. The van der Waals surface area contributed by atoms with Crippen molar-refractivity contribution in [1.29, 1.82) is 0 Å². The van der Waals surface area contributed by atoms with Crippen molar-refractivity contribution in [2.24, 2.45) is 4.99 Å². The lowest BCUT2D eigenvalue weighted by Crippen LogP contribution is -2.28. The lowest BCUT2D eigenvalue weighted by Gasteiger charge is -2.16. The second kappa shape index (κ2) is 13.0. The molecule has 1 heterocycles. The maximum atomic E-state index is 13.8. The van der Waals surface area contributed by atoms with Gasteiger partial charge in [-0.05, 0) is 116 Å². The first-order valence-electron chi connectivity index (χ1n) is 13.4.